The van der Waals surface area contributed by atoms with Crippen molar-refractivity contribution in [2.24, 2.45) is 0 Å². The van der Waals surface area contributed by atoms with Gasteiger partial charge in [-0.3, -0.25) is 20.6 Å². The average molecular weight is 295 g/mol. The molecule has 0 saturated heterocycles. The number of amides is 1. The number of carbonyl (C=O) groups excluding carboxylic acids is 1. The summed E-state index contributed by atoms with van der Waals surface area (Å²) < 4.78 is 13.1. The van der Waals surface area contributed by atoms with E-state index < -0.39 is 0 Å². The number of hydrogen-bond donors (Lipinski definition) is 2. The molecule has 2 N–H and O–H groups in total. The Morgan fingerprint density at radius 3 is 2.77 bits per heavy atom. The van der Waals surface area contributed by atoms with Gasteiger partial charge in [-0.2, -0.15) is 0 Å². The lowest BCUT2D eigenvalue weighted by atomic mass is 10.0. The highest BCUT2D eigenvalue weighted by Gasteiger charge is 2.12. The largest absolute Gasteiger partial charge is 0.298 e. The number of nitrogens with zero attached hydrogens (tertiary/aromatic N) is 1. The van der Waals surface area contributed by atoms with E-state index >= 15 is 0 Å². The van der Waals surface area contributed by atoms with E-state index in [9.17, 15) is 9.18 Å². The number of aromatic nitrogens is 1. The minimum atomic E-state index is -0.373. The van der Waals surface area contributed by atoms with Crippen molar-refractivity contribution in [1.29, 1.82) is 0 Å². The van der Waals surface area contributed by atoms with Crippen molar-refractivity contribution in [1.82, 2.24) is 10.4 Å². The van der Waals surface area contributed by atoms with Crippen molar-refractivity contribution in [3.63, 3.8) is 0 Å². The minimum Gasteiger partial charge on any atom is -0.298 e. The Hall–Kier alpha value is -2.95. The predicted octanol–water partition coefficient (Wildman–Crippen LogP) is 3.44. The summed E-state index contributed by atoms with van der Waals surface area (Å²) in [5.74, 6) is -0.696. The fourth-order valence-electron chi connectivity index (χ4n) is 2.36. The van der Waals surface area contributed by atoms with Crippen LogP contribution in [0, 0.1) is 12.7 Å². The van der Waals surface area contributed by atoms with Gasteiger partial charge < -0.3 is 0 Å². The molecule has 0 spiro atoms. The zero-order valence-corrected chi connectivity index (χ0v) is 11.9. The van der Waals surface area contributed by atoms with Crippen LogP contribution >= 0.6 is 0 Å². The Labute approximate surface area is 127 Å². The molecular formula is C17H14FN3O. The highest BCUT2D eigenvalue weighted by atomic mass is 19.1. The molecule has 0 aliphatic rings. The molecule has 3 aromatic rings. The van der Waals surface area contributed by atoms with Crippen LogP contribution in [0.3, 0.4) is 0 Å². The number of benzene rings is 2. The lowest BCUT2D eigenvalue weighted by molar-refractivity contribution is 0.0964. The summed E-state index contributed by atoms with van der Waals surface area (Å²) in [6, 6.07) is 11.6. The normalized spacial score (nSPS) is 10.5. The molecule has 0 atom stereocenters. The minimum absolute atomic E-state index is 0.323. The summed E-state index contributed by atoms with van der Waals surface area (Å²) in [5, 5.41) is 1.76. The Bertz CT molecular complexity index is 843. The van der Waals surface area contributed by atoms with Gasteiger partial charge in [0.15, 0.2) is 0 Å². The van der Waals surface area contributed by atoms with Crippen LogP contribution in [-0.2, 0) is 0 Å². The zero-order valence-electron chi connectivity index (χ0n) is 11.9. The van der Waals surface area contributed by atoms with Crippen LogP contribution in [0.5, 0.6) is 0 Å². The number of carbonyl (C=O) groups is 1. The maximum atomic E-state index is 13.1. The van der Waals surface area contributed by atoms with E-state index in [-0.39, 0.29) is 11.7 Å². The molecule has 5 heteroatoms. The molecule has 1 amide bonds. The zero-order chi connectivity index (χ0) is 15.5. The molecule has 1 heterocycles. The van der Waals surface area contributed by atoms with Crippen LogP contribution in [0.2, 0.25) is 0 Å². The first kappa shape index (κ1) is 14.0. The molecule has 0 bridgehead atoms. The van der Waals surface area contributed by atoms with Gasteiger partial charge in [-0.25, -0.2) is 4.39 Å². The smallest absolute Gasteiger partial charge is 0.271 e. The van der Waals surface area contributed by atoms with Gasteiger partial charge in [0.25, 0.3) is 5.91 Å². The van der Waals surface area contributed by atoms with Crippen molar-refractivity contribution >= 4 is 22.4 Å². The van der Waals surface area contributed by atoms with Crippen LogP contribution in [0.1, 0.15) is 15.9 Å². The summed E-state index contributed by atoms with van der Waals surface area (Å²) >= 11 is 0. The Morgan fingerprint density at radius 1 is 1.14 bits per heavy atom. The van der Waals surface area contributed by atoms with E-state index in [1.165, 1.54) is 18.3 Å². The molecule has 0 aliphatic heterocycles. The van der Waals surface area contributed by atoms with Gasteiger partial charge in [0, 0.05) is 23.2 Å². The number of hydrogen-bond acceptors (Lipinski definition) is 3. The van der Waals surface area contributed by atoms with Crippen molar-refractivity contribution in [3.05, 3.63) is 71.8 Å². The van der Waals surface area contributed by atoms with Crippen LogP contribution < -0.4 is 10.9 Å². The fraction of sp³-hybridized carbons (Fsp3) is 0.0588. The third kappa shape index (κ3) is 2.74. The summed E-state index contributed by atoms with van der Waals surface area (Å²) in [6.07, 6.45) is 3.25. The quantitative estimate of drug-likeness (QED) is 0.728. The third-order valence-electron chi connectivity index (χ3n) is 3.38. The second kappa shape index (κ2) is 5.81. The molecule has 1 aromatic heterocycles. The SMILES string of the molecule is Cc1cccc2cncc(C(=O)NNc3cccc(F)c3)c12. The maximum Gasteiger partial charge on any atom is 0.271 e. The van der Waals surface area contributed by atoms with E-state index in [1.807, 2.05) is 25.1 Å². The number of anilines is 1. The Balaban J connectivity index is 1.87. The summed E-state index contributed by atoms with van der Waals surface area (Å²) in [7, 11) is 0. The van der Waals surface area contributed by atoms with E-state index in [1.54, 1.807) is 18.3 Å². The second-order valence-corrected chi connectivity index (χ2v) is 4.95. The number of rotatable bonds is 3. The molecule has 0 fully saturated rings. The molecule has 0 saturated carbocycles. The van der Waals surface area contributed by atoms with Gasteiger partial charge in [0.05, 0.1) is 11.3 Å². The van der Waals surface area contributed by atoms with E-state index in [4.69, 9.17) is 0 Å². The molecule has 22 heavy (non-hydrogen) atoms. The standard InChI is InChI=1S/C17H14FN3O/c1-11-4-2-5-12-9-19-10-15(16(11)12)17(22)21-20-14-7-3-6-13(18)8-14/h2-10,20H,1H3,(H,21,22). The first-order valence-electron chi connectivity index (χ1n) is 6.80. The first-order chi connectivity index (χ1) is 10.6. The second-order valence-electron chi connectivity index (χ2n) is 4.95. The van der Waals surface area contributed by atoms with Gasteiger partial charge in [-0.05, 0) is 30.7 Å². The van der Waals surface area contributed by atoms with Crippen molar-refractivity contribution in [3.8, 4) is 0 Å². The predicted molar refractivity (Wildman–Crippen MR) is 84.0 cm³/mol. The van der Waals surface area contributed by atoms with Crippen LogP contribution in [0.4, 0.5) is 10.1 Å². The Kier molecular flexibility index (Phi) is 3.70. The van der Waals surface area contributed by atoms with Crippen molar-refractivity contribution < 1.29 is 9.18 Å². The third-order valence-corrected chi connectivity index (χ3v) is 3.38. The summed E-state index contributed by atoms with van der Waals surface area (Å²) in [6.45, 7) is 1.94. The van der Waals surface area contributed by atoms with Crippen LogP contribution in [-0.4, -0.2) is 10.9 Å². The number of aryl methyl sites for hydroxylation is 1. The van der Waals surface area contributed by atoms with Crippen LogP contribution in [0.25, 0.3) is 10.8 Å². The molecule has 110 valence electrons. The first-order valence-corrected chi connectivity index (χ1v) is 6.80. The maximum absolute atomic E-state index is 13.1. The topological polar surface area (TPSA) is 54.0 Å². The lowest BCUT2D eigenvalue weighted by Gasteiger charge is -2.11. The van der Waals surface area contributed by atoms with Gasteiger partial charge in [-0.1, -0.05) is 24.3 Å². The van der Waals surface area contributed by atoms with Crippen molar-refractivity contribution in [2.45, 2.75) is 6.92 Å². The van der Waals surface area contributed by atoms with Crippen LogP contribution in [0.15, 0.2) is 54.9 Å². The number of nitrogens with one attached hydrogen (secondary N) is 2. The number of halogens is 1. The lowest BCUT2D eigenvalue weighted by Crippen LogP contribution is -2.29. The van der Waals surface area contributed by atoms with Gasteiger partial charge in [0.1, 0.15) is 5.82 Å². The van der Waals surface area contributed by atoms with Gasteiger partial charge in [-0.15, -0.1) is 0 Å². The van der Waals surface area contributed by atoms with Gasteiger partial charge >= 0.3 is 0 Å². The van der Waals surface area contributed by atoms with E-state index in [0.717, 1.165) is 16.3 Å². The van der Waals surface area contributed by atoms with E-state index in [0.29, 0.717) is 11.3 Å². The molecule has 2 aromatic carbocycles. The Morgan fingerprint density at radius 2 is 1.95 bits per heavy atom. The number of hydrazine groups is 1. The molecular weight excluding hydrogens is 281 g/mol. The average Bonchev–Trinajstić information content (AvgIpc) is 2.52. The van der Waals surface area contributed by atoms with Gasteiger partial charge in [0.2, 0.25) is 0 Å². The number of pyridine rings is 1. The number of fused-ring (bicyclic) bond motifs is 1. The summed E-state index contributed by atoms with van der Waals surface area (Å²) in [5.41, 5.74) is 7.21. The molecule has 0 unspecified atom stereocenters. The fourth-order valence-corrected chi connectivity index (χ4v) is 2.36. The molecule has 0 radical (unpaired) electrons. The molecule has 3 rings (SSSR count). The van der Waals surface area contributed by atoms with Crippen molar-refractivity contribution in [2.75, 3.05) is 5.43 Å². The highest BCUT2D eigenvalue weighted by Crippen LogP contribution is 2.21. The monoisotopic (exact) mass is 295 g/mol. The highest BCUT2D eigenvalue weighted by molar-refractivity contribution is 6.07. The van der Waals surface area contributed by atoms with E-state index in [2.05, 4.69) is 15.8 Å². The summed E-state index contributed by atoms with van der Waals surface area (Å²) in [4.78, 5) is 16.5. The molecule has 0 aliphatic carbocycles. The molecule has 4 nitrogen and oxygen atoms in total.